The Kier molecular flexibility index (Phi) is 10.4. The summed E-state index contributed by atoms with van der Waals surface area (Å²) in [6, 6.07) is 0.145. The van der Waals surface area contributed by atoms with Crippen LogP contribution >= 0.6 is 0 Å². The minimum Gasteiger partial charge on any atom is -0.469 e. The summed E-state index contributed by atoms with van der Waals surface area (Å²) in [4.78, 5) is 10.9. The summed E-state index contributed by atoms with van der Waals surface area (Å²) in [5.74, 6) is -0.184. The van der Waals surface area contributed by atoms with Crippen LogP contribution in [0.5, 0.6) is 0 Å². The molecule has 0 aliphatic carbocycles. The molecular weight excluding hydrogens is 210 g/mol. The predicted octanol–water partition coefficient (Wildman–Crippen LogP) is 0.581. The number of ether oxygens (including phenoxy) is 3. The number of nitrogens with one attached hydrogen (secondary N) is 1. The van der Waals surface area contributed by atoms with Crippen molar-refractivity contribution < 1.29 is 19.0 Å². The van der Waals surface area contributed by atoms with Gasteiger partial charge in [0.05, 0.1) is 26.7 Å². The van der Waals surface area contributed by atoms with Gasteiger partial charge in [-0.05, 0) is 19.9 Å². The first-order valence-corrected chi connectivity index (χ1v) is 5.57. The summed E-state index contributed by atoms with van der Waals surface area (Å²) in [5.41, 5.74) is 0. The third-order valence-electron chi connectivity index (χ3n) is 2.09. The number of carbonyl (C=O) groups is 1. The fraction of sp³-hybridized carbons (Fsp3) is 0.909. The van der Waals surface area contributed by atoms with Crippen LogP contribution in [0.2, 0.25) is 0 Å². The molecule has 0 amide bonds. The molecule has 0 saturated carbocycles. The number of esters is 1. The number of carbonyl (C=O) groups excluding carboxylic acids is 1. The standard InChI is InChI=1S/C11H23NO4/c1-10(9-11(13)15-3)12-5-4-6-16-8-7-14-2/h10,12H,4-9H2,1-3H3. The molecule has 0 aromatic heterocycles. The summed E-state index contributed by atoms with van der Waals surface area (Å²) in [6.45, 7) is 4.77. The van der Waals surface area contributed by atoms with Crippen molar-refractivity contribution in [2.24, 2.45) is 0 Å². The Morgan fingerprint density at radius 2 is 2.00 bits per heavy atom. The van der Waals surface area contributed by atoms with Gasteiger partial charge in [0.2, 0.25) is 0 Å². The van der Waals surface area contributed by atoms with Crippen LogP contribution in [0.3, 0.4) is 0 Å². The third kappa shape index (κ3) is 9.89. The topological polar surface area (TPSA) is 56.8 Å². The van der Waals surface area contributed by atoms with Crippen molar-refractivity contribution in [2.75, 3.05) is 40.6 Å². The minimum atomic E-state index is -0.184. The van der Waals surface area contributed by atoms with E-state index in [0.29, 0.717) is 26.2 Å². The lowest BCUT2D eigenvalue weighted by atomic mass is 10.2. The first-order chi connectivity index (χ1) is 7.70. The first-order valence-electron chi connectivity index (χ1n) is 5.57. The van der Waals surface area contributed by atoms with E-state index in [1.54, 1.807) is 7.11 Å². The van der Waals surface area contributed by atoms with Crippen LogP contribution in [-0.2, 0) is 19.0 Å². The molecule has 0 bridgehead atoms. The lowest BCUT2D eigenvalue weighted by molar-refractivity contribution is -0.141. The average molecular weight is 233 g/mol. The second-order valence-electron chi connectivity index (χ2n) is 3.59. The SMILES string of the molecule is COCCOCCCNC(C)CC(=O)OC. The molecule has 16 heavy (non-hydrogen) atoms. The van der Waals surface area contributed by atoms with Gasteiger partial charge in [-0.1, -0.05) is 0 Å². The number of rotatable bonds is 10. The normalized spacial score (nSPS) is 12.4. The Morgan fingerprint density at radius 1 is 1.25 bits per heavy atom. The van der Waals surface area contributed by atoms with Crippen molar-refractivity contribution in [1.29, 1.82) is 0 Å². The number of methoxy groups -OCH3 is 2. The minimum absolute atomic E-state index is 0.145. The molecule has 0 aromatic rings. The van der Waals surface area contributed by atoms with E-state index >= 15 is 0 Å². The Balaban J connectivity index is 3.21. The zero-order valence-electron chi connectivity index (χ0n) is 10.5. The van der Waals surface area contributed by atoms with Gasteiger partial charge in [-0.2, -0.15) is 0 Å². The van der Waals surface area contributed by atoms with Crippen LogP contribution in [0.15, 0.2) is 0 Å². The molecule has 96 valence electrons. The Bertz CT molecular complexity index is 175. The van der Waals surface area contributed by atoms with Gasteiger partial charge in [0.1, 0.15) is 0 Å². The fourth-order valence-electron chi connectivity index (χ4n) is 1.17. The molecule has 0 aromatic carbocycles. The molecule has 0 rings (SSSR count). The van der Waals surface area contributed by atoms with Gasteiger partial charge in [0, 0.05) is 19.8 Å². The highest BCUT2D eigenvalue weighted by atomic mass is 16.5. The quantitative estimate of drug-likeness (QED) is 0.442. The van der Waals surface area contributed by atoms with Crippen molar-refractivity contribution in [3.63, 3.8) is 0 Å². The summed E-state index contributed by atoms with van der Waals surface area (Å²) in [5, 5.41) is 3.23. The molecule has 5 heteroatoms. The molecule has 0 aliphatic rings. The van der Waals surface area contributed by atoms with Crippen LogP contribution in [0, 0.1) is 0 Å². The van der Waals surface area contributed by atoms with Gasteiger partial charge < -0.3 is 19.5 Å². The molecule has 1 unspecified atom stereocenters. The molecule has 1 N–H and O–H groups in total. The van der Waals surface area contributed by atoms with Gasteiger partial charge >= 0.3 is 5.97 Å². The van der Waals surface area contributed by atoms with E-state index in [9.17, 15) is 4.79 Å². The second kappa shape index (κ2) is 10.9. The molecule has 0 spiro atoms. The number of hydrogen-bond acceptors (Lipinski definition) is 5. The maximum Gasteiger partial charge on any atom is 0.307 e. The molecule has 1 atom stereocenters. The highest BCUT2D eigenvalue weighted by Crippen LogP contribution is 1.93. The van der Waals surface area contributed by atoms with E-state index in [1.807, 2.05) is 6.92 Å². The van der Waals surface area contributed by atoms with Crippen molar-refractivity contribution in [3.8, 4) is 0 Å². The van der Waals surface area contributed by atoms with E-state index in [4.69, 9.17) is 9.47 Å². The Hall–Kier alpha value is -0.650. The van der Waals surface area contributed by atoms with Crippen LogP contribution < -0.4 is 5.32 Å². The lowest BCUT2D eigenvalue weighted by Gasteiger charge is -2.12. The Morgan fingerprint density at radius 3 is 2.62 bits per heavy atom. The molecule has 0 aliphatic heterocycles. The largest absolute Gasteiger partial charge is 0.469 e. The van der Waals surface area contributed by atoms with Crippen LogP contribution in [0.4, 0.5) is 0 Å². The van der Waals surface area contributed by atoms with Crippen molar-refractivity contribution >= 4 is 5.97 Å². The van der Waals surface area contributed by atoms with Crippen LogP contribution in [-0.4, -0.2) is 52.6 Å². The Labute approximate surface area is 97.4 Å². The van der Waals surface area contributed by atoms with Crippen molar-refractivity contribution in [3.05, 3.63) is 0 Å². The second-order valence-corrected chi connectivity index (χ2v) is 3.59. The van der Waals surface area contributed by atoms with Crippen molar-refractivity contribution in [2.45, 2.75) is 25.8 Å². The maximum absolute atomic E-state index is 10.9. The summed E-state index contributed by atoms with van der Waals surface area (Å²) in [6.07, 6.45) is 1.33. The molecule has 5 nitrogen and oxygen atoms in total. The maximum atomic E-state index is 10.9. The van der Waals surface area contributed by atoms with E-state index in [1.165, 1.54) is 7.11 Å². The van der Waals surface area contributed by atoms with Gasteiger partial charge in [-0.15, -0.1) is 0 Å². The van der Waals surface area contributed by atoms with E-state index in [-0.39, 0.29) is 12.0 Å². The number of hydrogen-bond donors (Lipinski definition) is 1. The third-order valence-corrected chi connectivity index (χ3v) is 2.09. The predicted molar refractivity (Wildman–Crippen MR) is 61.4 cm³/mol. The monoisotopic (exact) mass is 233 g/mol. The lowest BCUT2D eigenvalue weighted by Crippen LogP contribution is -2.30. The van der Waals surface area contributed by atoms with E-state index < -0.39 is 0 Å². The summed E-state index contributed by atoms with van der Waals surface area (Å²) < 4.78 is 14.7. The zero-order valence-corrected chi connectivity index (χ0v) is 10.5. The van der Waals surface area contributed by atoms with Gasteiger partial charge in [0.15, 0.2) is 0 Å². The highest BCUT2D eigenvalue weighted by molar-refractivity contribution is 5.69. The summed E-state index contributed by atoms with van der Waals surface area (Å²) >= 11 is 0. The molecule has 0 saturated heterocycles. The molecular formula is C11H23NO4. The van der Waals surface area contributed by atoms with Crippen LogP contribution in [0.25, 0.3) is 0 Å². The van der Waals surface area contributed by atoms with E-state index in [0.717, 1.165) is 13.0 Å². The smallest absolute Gasteiger partial charge is 0.307 e. The average Bonchev–Trinajstić information content (AvgIpc) is 2.27. The van der Waals surface area contributed by atoms with Crippen molar-refractivity contribution in [1.82, 2.24) is 5.32 Å². The molecule has 0 fully saturated rings. The highest BCUT2D eigenvalue weighted by Gasteiger charge is 2.07. The van der Waals surface area contributed by atoms with Crippen LogP contribution in [0.1, 0.15) is 19.8 Å². The van der Waals surface area contributed by atoms with Gasteiger partial charge in [0.25, 0.3) is 0 Å². The van der Waals surface area contributed by atoms with E-state index in [2.05, 4.69) is 10.1 Å². The fourth-order valence-corrected chi connectivity index (χ4v) is 1.17. The molecule has 0 heterocycles. The van der Waals surface area contributed by atoms with Gasteiger partial charge in [-0.25, -0.2) is 0 Å². The summed E-state index contributed by atoms with van der Waals surface area (Å²) in [7, 11) is 3.05. The zero-order chi connectivity index (χ0) is 12.2. The molecule has 0 radical (unpaired) electrons. The first kappa shape index (κ1) is 15.3. The van der Waals surface area contributed by atoms with Gasteiger partial charge in [-0.3, -0.25) is 4.79 Å².